The van der Waals surface area contributed by atoms with E-state index >= 15 is 0 Å². The number of benzene rings is 1. The Labute approximate surface area is 109 Å². The van der Waals surface area contributed by atoms with Gasteiger partial charge in [0, 0.05) is 0 Å². The lowest BCUT2D eigenvalue weighted by atomic mass is 9.99. The van der Waals surface area contributed by atoms with Crippen molar-refractivity contribution in [3.05, 3.63) is 29.3 Å². The second-order valence-electron chi connectivity index (χ2n) is 4.79. The third kappa shape index (κ3) is 3.76. The minimum Gasteiger partial charge on any atom is -0.494 e. The highest BCUT2D eigenvalue weighted by Crippen LogP contribution is 2.28. The fourth-order valence-electron chi connectivity index (χ4n) is 1.70. The zero-order valence-electron chi connectivity index (χ0n) is 11.8. The van der Waals surface area contributed by atoms with Crippen LogP contribution in [0.5, 0.6) is 5.75 Å². The quantitative estimate of drug-likeness (QED) is 0.746. The molecule has 0 amide bonds. The Balaban J connectivity index is 3.03. The standard InChI is InChI=1S/C15H22O3/c1-6-17-14-8-7-12(9-13(14)10(2)3)15(16)18-11(4)5/h7-11H,6H2,1-5H3. The highest BCUT2D eigenvalue weighted by Gasteiger charge is 2.14. The normalized spacial score (nSPS) is 10.8. The smallest absolute Gasteiger partial charge is 0.338 e. The van der Waals surface area contributed by atoms with Crippen LogP contribution in [0.1, 0.15) is 56.5 Å². The Morgan fingerprint density at radius 2 is 1.89 bits per heavy atom. The van der Waals surface area contributed by atoms with Crippen LogP contribution in [0.4, 0.5) is 0 Å². The average Bonchev–Trinajstić information content (AvgIpc) is 2.28. The molecule has 0 fully saturated rings. The van der Waals surface area contributed by atoms with Gasteiger partial charge in [-0.1, -0.05) is 13.8 Å². The molecule has 1 aromatic carbocycles. The molecule has 3 heteroatoms. The Hall–Kier alpha value is -1.51. The molecule has 0 aromatic heterocycles. The van der Waals surface area contributed by atoms with Crippen molar-refractivity contribution >= 4 is 5.97 Å². The zero-order chi connectivity index (χ0) is 13.7. The maximum absolute atomic E-state index is 11.8. The number of hydrogen-bond acceptors (Lipinski definition) is 3. The molecule has 0 heterocycles. The first kappa shape index (κ1) is 14.6. The van der Waals surface area contributed by atoms with Gasteiger partial charge in [0.05, 0.1) is 18.3 Å². The SMILES string of the molecule is CCOc1ccc(C(=O)OC(C)C)cc1C(C)C. The summed E-state index contributed by atoms with van der Waals surface area (Å²) in [6.45, 7) is 10.4. The maximum Gasteiger partial charge on any atom is 0.338 e. The number of hydrogen-bond donors (Lipinski definition) is 0. The molecule has 0 aliphatic carbocycles. The Morgan fingerprint density at radius 3 is 2.39 bits per heavy atom. The van der Waals surface area contributed by atoms with Crippen molar-refractivity contribution in [2.24, 2.45) is 0 Å². The molecule has 3 nitrogen and oxygen atoms in total. The summed E-state index contributed by atoms with van der Waals surface area (Å²) in [5, 5.41) is 0. The van der Waals surface area contributed by atoms with Crippen LogP contribution in [0.25, 0.3) is 0 Å². The Morgan fingerprint density at radius 1 is 1.22 bits per heavy atom. The number of esters is 1. The van der Waals surface area contributed by atoms with Crippen molar-refractivity contribution < 1.29 is 14.3 Å². The third-order valence-electron chi connectivity index (χ3n) is 2.51. The average molecular weight is 250 g/mol. The van der Waals surface area contributed by atoms with Crippen LogP contribution in [0.3, 0.4) is 0 Å². The second kappa shape index (κ2) is 6.43. The van der Waals surface area contributed by atoms with Gasteiger partial charge in [0.2, 0.25) is 0 Å². The minimum atomic E-state index is -0.282. The summed E-state index contributed by atoms with van der Waals surface area (Å²) in [5.74, 6) is 0.863. The van der Waals surface area contributed by atoms with Gasteiger partial charge in [-0.05, 0) is 50.5 Å². The number of ether oxygens (including phenoxy) is 2. The summed E-state index contributed by atoms with van der Waals surface area (Å²) in [5.41, 5.74) is 1.62. The van der Waals surface area contributed by atoms with E-state index in [0.717, 1.165) is 11.3 Å². The lowest BCUT2D eigenvalue weighted by Crippen LogP contribution is -2.12. The summed E-state index contributed by atoms with van der Waals surface area (Å²) >= 11 is 0. The molecule has 0 aliphatic heterocycles. The van der Waals surface area contributed by atoms with Crippen molar-refractivity contribution in [2.45, 2.75) is 46.6 Å². The molecule has 1 aromatic rings. The topological polar surface area (TPSA) is 35.5 Å². The lowest BCUT2D eigenvalue weighted by Gasteiger charge is -2.15. The van der Waals surface area contributed by atoms with Crippen LogP contribution in [0, 0.1) is 0 Å². The van der Waals surface area contributed by atoms with Crippen molar-refractivity contribution in [2.75, 3.05) is 6.61 Å². The Kier molecular flexibility index (Phi) is 5.20. The molecule has 0 aliphatic rings. The van der Waals surface area contributed by atoms with E-state index in [0.29, 0.717) is 18.1 Å². The number of carbonyl (C=O) groups is 1. The third-order valence-corrected chi connectivity index (χ3v) is 2.51. The summed E-state index contributed by atoms with van der Waals surface area (Å²) in [6, 6.07) is 5.46. The predicted molar refractivity (Wildman–Crippen MR) is 72.3 cm³/mol. The molecule has 0 radical (unpaired) electrons. The van der Waals surface area contributed by atoms with E-state index in [1.165, 1.54) is 0 Å². The fraction of sp³-hybridized carbons (Fsp3) is 0.533. The molecule has 0 bridgehead atoms. The Bertz CT molecular complexity index is 408. The summed E-state index contributed by atoms with van der Waals surface area (Å²) < 4.78 is 10.8. The van der Waals surface area contributed by atoms with E-state index in [4.69, 9.17) is 9.47 Å². The molecule has 100 valence electrons. The van der Waals surface area contributed by atoms with E-state index < -0.39 is 0 Å². The van der Waals surface area contributed by atoms with Gasteiger partial charge < -0.3 is 9.47 Å². The minimum absolute atomic E-state index is 0.105. The summed E-state index contributed by atoms with van der Waals surface area (Å²) in [7, 11) is 0. The first-order valence-electron chi connectivity index (χ1n) is 6.43. The van der Waals surface area contributed by atoms with Gasteiger partial charge in [0.1, 0.15) is 5.75 Å². The maximum atomic E-state index is 11.8. The molecule has 0 spiro atoms. The van der Waals surface area contributed by atoms with Crippen LogP contribution in [-0.2, 0) is 4.74 Å². The van der Waals surface area contributed by atoms with Crippen molar-refractivity contribution in [3.63, 3.8) is 0 Å². The van der Waals surface area contributed by atoms with Crippen molar-refractivity contribution in [3.8, 4) is 5.75 Å². The fourth-order valence-corrected chi connectivity index (χ4v) is 1.70. The van der Waals surface area contributed by atoms with Gasteiger partial charge in [-0.2, -0.15) is 0 Å². The highest BCUT2D eigenvalue weighted by molar-refractivity contribution is 5.90. The van der Waals surface area contributed by atoms with E-state index in [-0.39, 0.29) is 12.1 Å². The number of rotatable bonds is 5. The summed E-state index contributed by atoms with van der Waals surface area (Å²) in [6.07, 6.45) is -0.105. The van der Waals surface area contributed by atoms with E-state index in [2.05, 4.69) is 13.8 Å². The van der Waals surface area contributed by atoms with Crippen LogP contribution < -0.4 is 4.74 Å². The second-order valence-corrected chi connectivity index (χ2v) is 4.79. The van der Waals surface area contributed by atoms with E-state index in [1.54, 1.807) is 6.07 Å². The molecule has 0 atom stereocenters. The predicted octanol–water partition coefficient (Wildman–Crippen LogP) is 3.77. The molecular formula is C15H22O3. The van der Waals surface area contributed by atoms with Crippen LogP contribution in [-0.4, -0.2) is 18.7 Å². The van der Waals surface area contributed by atoms with Crippen molar-refractivity contribution in [1.29, 1.82) is 0 Å². The van der Waals surface area contributed by atoms with Gasteiger partial charge in [-0.15, -0.1) is 0 Å². The molecule has 0 unspecified atom stereocenters. The molecule has 18 heavy (non-hydrogen) atoms. The molecule has 0 saturated carbocycles. The van der Waals surface area contributed by atoms with Gasteiger partial charge in [-0.3, -0.25) is 0 Å². The number of carbonyl (C=O) groups excluding carboxylic acids is 1. The molecule has 1 rings (SSSR count). The largest absolute Gasteiger partial charge is 0.494 e. The molecule has 0 saturated heterocycles. The zero-order valence-corrected chi connectivity index (χ0v) is 11.8. The van der Waals surface area contributed by atoms with Crippen LogP contribution in [0.15, 0.2) is 18.2 Å². The molecule has 0 N–H and O–H groups in total. The van der Waals surface area contributed by atoms with E-state index in [1.807, 2.05) is 32.9 Å². The van der Waals surface area contributed by atoms with E-state index in [9.17, 15) is 4.79 Å². The van der Waals surface area contributed by atoms with Crippen molar-refractivity contribution in [1.82, 2.24) is 0 Å². The van der Waals surface area contributed by atoms with Crippen LogP contribution in [0.2, 0.25) is 0 Å². The van der Waals surface area contributed by atoms with Gasteiger partial charge in [0.25, 0.3) is 0 Å². The van der Waals surface area contributed by atoms with Gasteiger partial charge >= 0.3 is 5.97 Å². The first-order chi connectivity index (χ1) is 8.45. The first-order valence-corrected chi connectivity index (χ1v) is 6.43. The van der Waals surface area contributed by atoms with Gasteiger partial charge in [0.15, 0.2) is 0 Å². The lowest BCUT2D eigenvalue weighted by molar-refractivity contribution is 0.0378. The van der Waals surface area contributed by atoms with Gasteiger partial charge in [-0.25, -0.2) is 4.79 Å². The monoisotopic (exact) mass is 250 g/mol. The summed E-state index contributed by atoms with van der Waals surface area (Å²) in [4.78, 5) is 11.8. The molecular weight excluding hydrogens is 228 g/mol. The highest BCUT2D eigenvalue weighted by atomic mass is 16.5. The van der Waals surface area contributed by atoms with Crippen LogP contribution >= 0.6 is 0 Å².